The van der Waals surface area contributed by atoms with Crippen LogP contribution in [0.4, 0.5) is 0 Å². The Labute approximate surface area is 126 Å². The van der Waals surface area contributed by atoms with Crippen LogP contribution in [0.1, 0.15) is 11.4 Å². The van der Waals surface area contributed by atoms with Crippen LogP contribution in [0.25, 0.3) is 10.9 Å². The fourth-order valence-electron chi connectivity index (χ4n) is 2.52. The Morgan fingerprint density at radius 1 is 1.30 bits per heavy atom. The van der Waals surface area contributed by atoms with Crippen molar-refractivity contribution in [1.82, 2.24) is 14.3 Å². The normalized spacial score (nSPS) is 11.2. The Morgan fingerprint density at radius 3 is 2.75 bits per heavy atom. The second kappa shape index (κ2) is 4.98. The zero-order valence-corrected chi connectivity index (χ0v) is 13.3. The van der Waals surface area contributed by atoms with E-state index in [9.17, 15) is 0 Å². The maximum absolute atomic E-state index is 5.40. The number of aromatic nitrogens is 3. The maximum atomic E-state index is 5.40. The Balaban J connectivity index is 2.07. The first-order valence-electron chi connectivity index (χ1n) is 6.41. The van der Waals surface area contributed by atoms with Gasteiger partial charge in [-0.2, -0.15) is 5.10 Å². The summed E-state index contributed by atoms with van der Waals surface area (Å²) >= 11 is 3.62. The standard InChI is InChI=1S/C15H16BrN3O/c1-10-15(16)13(18(2)17-10)9-19-8-7-11-12(19)5-4-6-14(11)20-3/h4-8H,9H2,1-3H3. The van der Waals surface area contributed by atoms with Gasteiger partial charge < -0.3 is 9.30 Å². The summed E-state index contributed by atoms with van der Waals surface area (Å²) in [5.74, 6) is 0.904. The molecule has 0 bridgehead atoms. The van der Waals surface area contributed by atoms with Gasteiger partial charge in [0.1, 0.15) is 5.75 Å². The molecule has 3 aromatic rings. The minimum atomic E-state index is 0.772. The third-order valence-corrected chi connectivity index (χ3v) is 4.61. The van der Waals surface area contributed by atoms with Crippen molar-refractivity contribution in [3.63, 3.8) is 0 Å². The van der Waals surface area contributed by atoms with E-state index in [0.717, 1.165) is 39.1 Å². The number of hydrogen-bond acceptors (Lipinski definition) is 2. The van der Waals surface area contributed by atoms with Gasteiger partial charge in [-0.05, 0) is 41.1 Å². The Morgan fingerprint density at radius 2 is 2.10 bits per heavy atom. The van der Waals surface area contributed by atoms with Crippen LogP contribution in [0.3, 0.4) is 0 Å². The molecule has 0 N–H and O–H groups in total. The van der Waals surface area contributed by atoms with Gasteiger partial charge in [0.15, 0.2) is 0 Å². The summed E-state index contributed by atoms with van der Waals surface area (Å²) in [5, 5.41) is 5.57. The molecule has 0 unspecified atom stereocenters. The lowest BCUT2D eigenvalue weighted by Crippen LogP contribution is -2.05. The molecule has 0 aliphatic carbocycles. The van der Waals surface area contributed by atoms with Crippen molar-refractivity contribution in [1.29, 1.82) is 0 Å². The largest absolute Gasteiger partial charge is 0.496 e. The van der Waals surface area contributed by atoms with Gasteiger partial charge in [0.2, 0.25) is 0 Å². The second-order valence-corrected chi connectivity index (χ2v) is 5.60. The molecule has 1 aromatic carbocycles. The topological polar surface area (TPSA) is 32.0 Å². The molecule has 0 fully saturated rings. The van der Waals surface area contributed by atoms with Gasteiger partial charge in [-0.25, -0.2) is 0 Å². The highest BCUT2D eigenvalue weighted by Crippen LogP contribution is 2.28. The summed E-state index contributed by atoms with van der Waals surface area (Å²) in [5.41, 5.74) is 3.33. The lowest BCUT2D eigenvalue weighted by molar-refractivity contribution is 0.420. The second-order valence-electron chi connectivity index (χ2n) is 4.81. The molecule has 0 amide bonds. The van der Waals surface area contributed by atoms with Crippen molar-refractivity contribution < 1.29 is 4.74 Å². The van der Waals surface area contributed by atoms with E-state index in [2.05, 4.69) is 43.9 Å². The quantitative estimate of drug-likeness (QED) is 0.734. The molecule has 0 aliphatic rings. The summed E-state index contributed by atoms with van der Waals surface area (Å²) in [6, 6.07) is 8.19. The number of fused-ring (bicyclic) bond motifs is 1. The van der Waals surface area contributed by atoms with Crippen LogP contribution in [-0.4, -0.2) is 21.5 Å². The monoisotopic (exact) mass is 333 g/mol. The minimum Gasteiger partial charge on any atom is -0.496 e. The molecule has 20 heavy (non-hydrogen) atoms. The molecule has 2 aromatic heterocycles. The molecule has 2 heterocycles. The zero-order chi connectivity index (χ0) is 14.3. The van der Waals surface area contributed by atoms with Gasteiger partial charge >= 0.3 is 0 Å². The van der Waals surface area contributed by atoms with E-state index in [-0.39, 0.29) is 0 Å². The highest BCUT2D eigenvalue weighted by Gasteiger charge is 2.13. The van der Waals surface area contributed by atoms with E-state index >= 15 is 0 Å². The molecule has 4 nitrogen and oxygen atoms in total. The summed E-state index contributed by atoms with van der Waals surface area (Å²) in [7, 11) is 3.67. The zero-order valence-electron chi connectivity index (χ0n) is 11.7. The van der Waals surface area contributed by atoms with Crippen molar-refractivity contribution in [3.05, 3.63) is 46.3 Å². The van der Waals surface area contributed by atoms with Crippen LogP contribution in [0.15, 0.2) is 34.9 Å². The van der Waals surface area contributed by atoms with Gasteiger partial charge in [0, 0.05) is 18.6 Å². The van der Waals surface area contributed by atoms with Gasteiger partial charge in [-0.1, -0.05) is 6.07 Å². The Hall–Kier alpha value is -1.75. The number of nitrogens with zero attached hydrogens (tertiary/aromatic N) is 3. The third kappa shape index (κ3) is 2.02. The number of benzene rings is 1. The first-order valence-corrected chi connectivity index (χ1v) is 7.21. The van der Waals surface area contributed by atoms with Crippen molar-refractivity contribution >= 4 is 26.8 Å². The lowest BCUT2D eigenvalue weighted by Gasteiger charge is -2.08. The first-order chi connectivity index (χ1) is 9.61. The van der Waals surface area contributed by atoms with Crippen molar-refractivity contribution in [2.45, 2.75) is 13.5 Å². The van der Waals surface area contributed by atoms with Crippen LogP contribution in [0.5, 0.6) is 5.75 Å². The number of hydrogen-bond donors (Lipinski definition) is 0. The number of methoxy groups -OCH3 is 1. The number of rotatable bonds is 3. The van der Waals surface area contributed by atoms with Crippen LogP contribution in [0.2, 0.25) is 0 Å². The van der Waals surface area contributed by atoms with Gasteiger partial charge in [0.25, 0.3) is 0 Å². The van der Waals surface area contributed by atoms with Crippen molar-refractivity contribution in [2.75, 3.05) is 7.11 Å². The lowest BCUT2D eigenvalue weighted by atomic mass is 10.2. The van der Waals surface area contributed by atoms with E-state index in [1.54, 1.807) is 7.11 Å². The molecular formula is C15H16BrN3O. The van der Waals surface area contributed by atoms with Gasteiger partial charge in [-0.3, -0.25) is 4.68 Å². The summed E-state index contributed by atoms with van der Waals surface area (Å²) in [6.45, 7) is 2.78. The molecule has 0 spiro atoms. The fraction of sp³-hybridized carbons (Fsp3) is 0.267. The molecule has 0 saturated heterocycles. The van der Waals surface area contributed by atoms with E-state index in [4.69, 9.17) is 4.74 Å². The van der Waals surface area contributed by atoms with Crippen molar-refractivity contribution in [2.24, 2.45) is 7.05 Å². The number of ether oxygens (including phenoxy) is 1. The average molecular weight is 334 g/mol. The molecule has 0 radical (unpaired) electrons. The van der Waals surface area contributed by atoms with Crippen molar-refractivity contribution in [3.8, 4) is 5.75 Å². The molecular weight excluding hydrogens is 318 g/mol. The highest BCUT2D eigenvalue weighted by molar-refractivity contribution is 9.10. The average Bonchev–Trinajstić information content (AvgIpc) is 2.96. The van der Waals surface area contributed by atoms with E-state index in [1.165, 1.54) is 0 Å². The molecule has 5 heteroatoms. The predicted molar refractivity (Wildman–Crippen MR) is 83.2 cm³/mol. The fourth-order valence-corrected chi connectivity index (χ4v) is 2.99. The molecule has 0 saturated carbocycles. The third-order valence-electron chi connectivity index (χ3n) is 3.58. The van der Waals surface area contributed by atoms with Gasteiger partial charge in [0.05, 0.1) is 35.0 Å². The molecule has 0 atom stereocenters. The molecule has 0 aliphatic heterocycles. The van der Waals surface area contributed by atoms with E-state index < -0.39 is 0 Å². The van der Waals surface area contributed by atoms with Crippen LogP contribution >= 0.6 is 15.9 Å². The summed E-state index contributed by atoms with van der Waals surface area (Å²) in [6.07, 6.45) is 2.09. The smallest absolute Gasteiger partial charge is 0.128 e. The molecule has 104 valence electrons. The summed E-state index contributed by atoms with van der Waals surface area (Å²) < 4.78 is 10.6. The Bertz CT molecular complexity index is 773. The van der Waals surface area contributed by atoms with E-state index in [1.807, 2.05) is 30.8 Å². The first kappa shape index (κ1) is 13.2. The SMILES string of the molecule is COc1cccc2c1ccn2Cc1c(Br)c(C)nn1C. The highest BCUT2D eigenvalue weighted by atomic mass is 79.9. The van der Waals surface area contributed by atoms with Gasteiger partial charge in [-0.15, -0.1) is 0 Å². The van der Waals surface area contributed by atoms with Crippen LogP contribution in [-0.2, 0) is 13.6 Å². The molecule has 3 rings (SSSR count). The minimum absolute atomic E-state index is 0.772. The number of aryl methyl sites for hydroxylation is 2. The Kier molecular flexibility index (Phi) is 3.30. The summed E-state index contributed by atoms with van der Waals surface area (Å²) in [4.78, 5) is 0. The van der Waals surface area contributed by atoms with Crippen LogP contribution in [0, 0.1) is 6.92 Å². The van der Waals surface area contributed by atoms with E-state index in [0.29, 0.717) is 0 Å². The number of halogens is 1. The predicted octanol–water partition coefficient (Wildman–Crippen LogP) is 3.50. The van der Waals surface area contributed by atoms with Crippen LogP contribution < -0.4 is 4.74 Å². The maximum Gasteiger partial charge on any atom is 0.128 e.